The monoisotopic (exact) mass is 499 g/mol. The van der Waals surface area contributed by atoms with Crippen LogP contribution in [0.1, 0.15) is 12.1 Å². The van der Waals surface area contributed by atoms with E-state index in [9.17, 15) is 13.3 Å². The molecule has 3 heterocycles. The van der Waals surface area contributed by atoms with E-state index in [0.717, 1.165) is 10.9 Å². The first-order chi connectivity index (χ1) is 16.8. The summed E-state index contributed by atoms with van der Waals surface area (Å²) in [6, 6.07) is 7.50. The van der Waals surface area contributed by atoms with E-state index in [-0.39, 0.29) is 33.5 Å². The van der Waals surface area contributed by atoms with Crippen molar-refractivity contribution in [1.29, 1.82) is 0 Å². The van der Waals surface area contributed by atoms with Gasteiger partial charge >= 0.3 is 11.7 Å². The van der Waals surface area contributed by atoms with Gasteiger partial charge in [0.2, 0.25) is 0 Å². The van der Waals surface area contributed by atoms with Crippen LogP contribution in [0, 0.1) is 12.7 Å². The summed E-state index contributed by atoms with van der Waals surface area (Å²) in [7, 11) is 0. The van der Waals surface area contributed by atoms with Gasteiger partial charge in [0.05, 0.1) is 22.9 Å². The fraction of sp³-hybridized carbons (Fsp3) is 0.136. The third-order valence-corrected chi connectivity index (χ3v) is 5.90. The maximum Gasteiger partial charge on any atom is 0.343 e. The Morgan fingerprint density at radius 2 is 1.91 bits per heavy atom. The molecule has 3 aromatic heterocycles. The van der Waals surface area contributed by atoms with Crippen molar-refractivity contribution in [2.45, 2.75) is 18.6 Å². The number of nitrogens with one attached hydrogen (secondary N) is 1. The molecular weight excluding hydrogens is 483 g/mol. The largest absolute Gasteiger partial charge is 0.609 e. The zero-order valence-corrected chi connectivity index (χ0v) is 19.1. The minimum atomic E-state index is -2.71. The van der Waals surface area contributed by atoms with E-state index in [1.54, 1.807) is 13.0 Å². The Labute approximate surface area is 199 Å². The van der Waals surface area contributed by atoms with E-state index < -0.39 is 23.5 Å². The lowest BCUT2D eigenvalue weighted by molar-refractivity contribution is 0.0746. The Morgan fingerprint density at radius 3 is 2.69 bits per heavy atom. The molecule has 35 heavy (non-hydrogen) atoms. The molecule has 5 aromatic rings. The number of alkyl halides is 2. The number of ether oxygens (including phenoxy) is 1. The normalized spacial score (nSPS) is 12.4. The molecule has 178 valence electrons. The highest BCUT2D eigenvalue weighted by Gasteiger charge is 2.17. The zero-order chi connectivity index (χ0) is 24.7. The summed E-state index contributed by atoms with van der Waals surface area (Å²) < 4.78 is 59.6. The predicted molar refractivity (Wildman–Crippen MR) is 123 cm³/mol. The van der Waals surface area contributed by atoms with Crippen LogP contribution in [0.5, 0.6) is 11.5 Å². The van der Waals surface area contributed by atoms with Gasteiger partial charge in [-0.15, -0.1) is 0 Å². The average molecular weight is 499 g/mol. The van der Waals surface area contributed by atoms with Gasteiger partial charge in [0.15, 0.2) is 11.6 Å². The van der Waals surface area contributed by atoms with Gasteiger partial charge in [-0.05, 0) is 31.2 Å². The molecule has 5 rings (SSSR count). The molecule has 13 heteroatoms. The van der Waals surface area contributed by atoms with Gasteiger partial charge in [0.25, 0.3) is 0 Å². The standard InChI is InChI=1S/C22H16F3N7O2S/c1-11-17(34-12-3-5-16-14(7-12)29-10-32(16)21(24)25)6-4-13(18(11)23)30-20-19-15(27-9-28-20)8-26-22(31-19)35(2)33/h3-10,21H,1-2H3,(H,27,28,30). The third kappa shape index (κ3) is 4.31. The predicted octanol–water partition coefficient (Wildman–Crippen LogP) is 4.89. The maximum atomic E-state index is 15.2. The summed E-state index contributed by atoms with van der Waals surface area (Å²) in [5.74, 6) is 0.180. The quantitative estimate of drug-likeness (QED) is 0.260. The van der Waals surface area contributed by atoms with Crippen LogP contribution in [0.15, 0.2) is 54.3 Å². The first-order valence-electron chi connectivity index (χ1n) is 10.1. The number of fused-ring (bicyclic) bond motifs is 2. The first-order valence-corrected chi connectivity index (χ1v) is 11.7. The van der Waals surface area contributed by atoms with Gasteiger partial charge in [-0.25, -0.2) is 19.3 Å². The van der Waals surface area contributed by atoms with Crippen LogP contribution < -0.4 is 10.1 Å². The van der Waals surface area contributed by atoms with E-state index >= 15 is 4.39 Å². The second kappa shape index (κ2) is 9.00. The molecule has 0 aliphatic rings. The summed E-state index contributed by atoms with van der Waals surface area (Å²) in [6.45, 7) is -1.17. The summed E-state index contributed by atoms with van der Waals surface area (Å²) in [5, 5.41) is 3.00. The molecule has 0 aliphatic heterocycles. The van der Waals surface area contributed by atoms with E-state index in [1.807, 2.05) is 0 Å². The van der Waals surface area contributed by atoms with Gasteiger partial charge in [0.1, 0.15) is 41.4 Å². The Hall–Kier alpha value is -3.97. The van der Waals surface area contributed by atoms with Gasteiger partial charge in [-0.2, -0.15) is 18.7 Å². The number of nitrogens with zero attached hydrogens (tertiary/aromatic N) is 6. The van der Waals surface area contributed by atoms with Gasteiger partial charge in [-0.3, -0.25) is 4.57 Å². The molecular formula is C22H16F3N7O2S. The summed E-state index contributed by atoms with van der Waals surface area (Å²) in [5.41, 5.74) is 1.59. The number of anilines is 2. The van der Waals surface area contributed by atoms with E-state index in [1.165, 1.54) is 43.0 Å². The highest BCUT2D eigenvalue weighted by atomic mass is 32.2. The summed E-state index contributed by atoms with van der Waals surface area (Å²) in [4.78, 5) is 20.4. The molecule has 1 unspecified atom stereocenters. The molecule has 0 saturated heterocycles. The number of aromatic nitrogens is 6. The van der Waals surface area contributed by atoms with Crippen molar-refractivity contribution < 1.29 is 22.5 Å². The molecule has 0 aliphatic carbocycles. The van der Waals surface area contributed by atoms with Crippen LogP contribution >= 0.6 is 0 Å². The minimum absolute atomic E-state index is 0.103. The molecule has 1 N–H and O–H groups in total. The molecule has 0 fully saturated rings. The number of hydrogen-bond acceptors (Lipinski definition) is 8. The van der Waals surface area contributed by atoms with Gasteiger partial charge in [0, 0.05) is 22.8 Å². The number of hydrogen-bond donors (Lipinski definition) is 1. The smallest absolute Gasteiger partial charge is 0.343 e. The van der Waals surface area contributed by atoms with Crippen LogP contribution in [0.2, 0.25) is 0 Å². The maximum absolute atomic E-state index is 15.2. The van der Waals surface area contributed by atoms with Crippen molar-refractivity contribution in [2.75, 3.05) is 11.6 Å². The number of halogens is 3. The SMILES string of the molecule is Cc1c(Oc2ccc3c(c2)ncn3C(F)F)ccc(Nc2ncnc3cnc([S+](C)[O-])nc23)c1F. The van der Waals surface area contributed by atoms with Gasteiger partial charge in [-0.1, -0.05) is 0 Å². The van der Waals surface area contributed by atoms with E-state index in [0.29, 0.717) is 22.3 Å². The number of rotatable bonds is 6. The van der Waals surface area contributed by atoms with E-state index in [4.69, 9.17) is 4.74 Å². The van der Waals surface area contributed by atoms with Crippen LogP contribution in [0.3, 0.4) is 0 Å². The highest BCUT2D eigenvalue weighted by Crippen LogP contribution is 2.33. The number of imidazole rings is 1. The second-order valence-electron chi connectivity index (χ2n) is 7.42. The Bertz CT molecular complexity index is 1560. The Morgan fingerprint density at radius 1 is 1.09 bits per heavy atom. The van der Waals surface area contributed by atoms with Crippen LogP contribution in [0.25, 0.3) is 22.1 Å². The van der Waals surface area contributed by atoms with Gasteiger partial charge < -0.3 is 14.6 Å². The van der Waals surface area contributed by atoms with E-state index in [2.05, 4.69) is 30.2 Å². The van der Waals surface area contributed by atoms with Crippen LogP contribution in [-0.4, -0.2) is 40.3 Å². The van der Waals surface area contributed by atoms with Crippen molar-refractivity contribution >= 4 is 44.7 Å². The van der Waals surface area contributed by atoms with Crippen molar-refractivity contribution in [1.82, 2.24) is 29.5 Å². The molecule has 0 radical (unpaired) electrons. The average Bonchev–Trinajstić information content (AvgIpc) is 3.27. The Kier molecular flexibility index (Phi) is 5.86. The highest BCUT2D eigenvalue weighted by molar-refractivity contribution is 7.90. The van der Waals surface area contributed by atoms with Crippen molar-refractivity contribution in [3.05, 3.63) is 60.6 Å². The molecule has 2 aromatic carbocycles. The second-order valence-corrected chi connectivity index (χ2v) is 8.69. The topological polar surface area (TPSA) is 114 Å². The molecule has 0 bridgehead atoms. The molecule has 0 saturated carbocycles. The molecule has 0 amide bonds. The molecule has 1 atom stereocenters. The lowest BCUT2D eigenvalue weighted by Gasteiger charge is -2.14. The fourth-order valence-electron chi connectivity index (χ4n) is 3.43. The Balaban J connectivity index is 1.44. The molecule has 9 nitrogen and oxygen atoms in total. The van der Waals surface area contributed by atoms with Crippen molar-refractivity contribution in [3.63, 3.8) is 0 Å². The van der Waals surface area contributed by atoms with Crippen LogP contribution in [0.4, 0.5) is 24.7 Å². The van der Waals surface area contributed by atoms with Crippen molar-refractivity contribution in [2.24, 2.45) is 0 Å². The molecule has 0 spiro atoms. The lowest BCUT2D eigenvalue weighted by atomic mass is 10.1. The zero-order valence-electron chi connectivity index (χ0n) is 18.2. The summed E-state index contributed by atoms with van der Waals surface area (Å²) >= 11 is -1.42. The fourth-order valence-corrected chi connectivity index (χ4v) is 3.85. The first kappa shape index (κ1) is 22.8. The lowest BCUT2D eigenvalue weighted by Crippen LogP contribution is -2.06. The number of benzene rings is 2. The third-order valence-electron chi connectivity index (χ3n) is 5.19. The summed E-state index contributed by atoms with van der Waals surface area (Å²) in [6.07, 6.45) is 5.20. The van der Waals surface area contributed by atoms with Crippen LogP contribution in [-0.2, 0) is 11.2 Å². The van der Waals surface area contributed by atoms with Crippen molar-refractivity contribution in [3.8, 4) is 11.5 Å². The minimum Gasteiger partial charge on any atom is -0.609 e.